The van der Waals surface area contributed by atoms with E-state index in [9.17, 15) is 17.6 Å². The summed E-state index contributed by atoms with van der Waals surface area (Å²) in [5.74, 6) is -2.77. The first-order chi connectivity index (χ1) is 11.3. The molecule has 1 aromatic carbocycles. The van der Waals surface area contributed by atoms with Crippen molar-refractivity contribution in [1.29, 1.82) is 0 Å². The molecule has 0 N–H and O–H groups in total. The van der Waals surface area contributed by atoms with E-state index in [1.807, 2.05) is 12.3 Å². The zero-order valence-corrected chi connectivity index (χ0v) is 12.9. The van der Waals surface area contributed by atoms with Crippen molar-refractivity contribution < 1.29 is 26.8 Å². The van der Waals surface area contributed by atoms with Gasteiger partial charge in [0.2, 0.25) is 5.82 Å². The number of rotatable bonds is 4. The summed E-state index contributed by atoms with van der Waals surface area (Å²) < 4.78 is 60.9. The molecule has 0 aliphatic carbocycles. The number of aryl methyl sites for hydroxylation is 1. The van der Waals surface area contributed by atoms with Crippen LogP contribution in [0.5, 0.6) is 5.19 Å². The molecular weight excluding hydrogens is 350 g/mol. The third-order valence-electron chi connectivity index (χ3n) is 2.90. The van der Waals surface area contributed by atoms with E-state index in [1.54, 1.807) is 0 Å². The Balaban J connectivity index is 1.76. The molecule has 3 aromatic rings. The quantitative estimate of drug-likeness (QED) is 0.652. The van der Waals surface area contributed by atoms with Crippen molar-refractivity contribution in [1.82, 2.24) is 15.1 Å². The Hall–Kier alpha value is -2.49. The maximum atomic E-state index is 14.1. The summed E-state index contributed by atoms with van der Waals surface area (Å²) in [6.45, 7) is 1.89. The second kappa shape index (κ2) is 6.19. The molecule has 0 bridgehead atoms. The lowest BCUT2D eigenvalue weighted by molar-refractivity contribution is -0.159. The normalized spacial score (nSPS) is 11.7. The van der Waals surface area contributed by atoms with E-state index in [2.05, 4.69) is 19.6 Å². The molecule has 5 nitrogen and oxygen atoms in total. The molecule has 3 rings (SSSR count). The molecular formula is C14H9F4N3O2S. The second-order valence-corrected chi connectivity index (χ2v) is 5.60. The summed E-state index contributed by atoms with van der Waals surface area (Å²) in [5, 5.41) is 5.42. The average Bonchev–Trinajstić information content (AvgIpc) is 3.14. The van der Waals surface area contributed by atoms with Crippen molar-refractivity contribution >= 4 is 11.3 Å². The Bertz CT molecular complexity index is 860. The highest BCUT2D eigenvalue weighted by Crippen LogP contribution is 2.30. The van der Waals surface area contributed by atoms with E-state index in [-0.39, 0.29) is 12.2 Å². The van der Waals surface area contributed by atoms with Gasteiger partial charge in [-0.2, -0.15) is 18.2 Å². The Kier molecular flexibility index (Phi) is 4.22. The van der Waals surface area contributed by atoms with Gasteiger partial charge in [-0.1, -0.05) is 22.6 Å². The summed E-state index contributed by atoms with van der Waals surface area (Å²) >= 11 is 1.31. The number of nitrogens with zero attached hydrogens (tertiary/aromatic N) is 3. The van der Waals surface area contributed by atoms with Crippen LogP contribution >= 0.6 is 11.3 Å². The van der Waals surface area contributed by atoms with Gasteiger partial charge in [0.25, 0.3) is 5.19 Å². The topological polar surface area (TPSA) is 61.0 Å². The molecule has 0 saturated carbocycles. The first-order valence-electron chi connectivity index (χ1n) is 6.57. The summed E-state index contributed by atoms with van der Waals surface area (Å²) in [5.41, 5.74) is 1.11. The third-order valence-corrected chi connectivity index (χ3v) is 3.77. The van der Waals surface area contributed by atoms with Crippen molar-refractivity contribution in [3.63, 3.8) is 0 Å². The lowest BCUT2D eigenvalue weighted by atomic mass is 10.1. The van der Waals surface area contributed by atoms with E-state index < -0.39 is 23.7 Å². The van der Waals surface area contributed by atoms with Crippen molar-refractivity contribution in [3.05, 3.63) is 46.5 Å². The van der Waals surface area contributed by atoms with E-state index in [0.29, 0.717) is 10.8 Å². The molecule has 0 spiro atoms. The Labute approximate surface area is 136 Å². The molecule has 126 valence electrons. The van der Waals surface area contributed by atoms with Crippen LogP contribution in [0.25, 0.3) is 11.4 Å². The summed E-state index contributed by atoms with van der Waals surface area (Å²) in [6, 6.07) is 3.91. The lowest BCUT2D eigenvalue weighted by Gasteiger charge is -2.04. The molecule has 0 unspecified atom stereocenters. The molecule has 0 aliphatic heterocycles. The van der Waals surface area contributed by atoms with Crippen molar-refractivity contribution in [2.75, 3.05) is 0 Å². The van der Waals surface area contributed by atoms with Gasteiger partial charge < -0.3 is 9.26 Å². The van der Waals surface area contributed by atoms with Gasteiger partial charge >= 0.3 is 12.1 Å². The van der Waals surface area contributed by atoms with E-state index >= 15 is 0 Å². The minimum absolute atomic E-state index is 0.0736. The monoisotopic (exact) mass is 359 g/mol. The van der Waals surface area contributed by atoms with E-state index in [0.717, 1.165) is 11.8 Å². The average molecular weight is 359 g/mol. The van der Waals surface area contributed by atoms with Gasteiger partial charge in [-0.3, -0.25) is 0 Å². The first kappa shape index (κ1) is 16.4. The molecule has 0 radical (unpaired) electrons. The molecule has 24 heavy (non-hydrogen) atoms. The summed E-state index contributed by atoms with van der Waals surface area (Å²) in [6.07, 6.45) is -4.78. The van der Waals surface area contributed by atoms with Crippen LogP contribution in [0.4, 0.5) is 17.6 Å². The highest BCUT2D eigenvalue weighted by molar-refractivity contribution is 7.11. The molecule has 0 saturated heterocycles. The van der Waals surface area contributed by atoms with Gasteiger partial charge in [-0.25, -0.2) is 9.37 Å². The van der Waals surface area contributed by atoms with Crippen LogP contribution in [-0.4, -0.2) is 15.1 Å². The third kappa shape index (κ3) is 3.53. The van der Waals surface area contributed by atoms with Crippen molar-refractivity contribution in [2.24, 2.45) is 0 Å². The highest BCUT2D eigenvalue weighted by Gasteiger charge is 2.38. The number of halogens is 4. The summed E-state index contributed by atoms with van der Waals surface area (Å²) in [7, 11) is 0. The van der Waals surface area contributed by atoms with Crippen molar-refractivity contribution in [2.45, 2.75) is 19.7 Å². The molecule has 0 atom stereocenters. The van der Waals surface area contributed by atoms with Crippen LogP contribution in [0, 0.1) is 12.7 Å². The van der Waals surface area contributed by atoms with E-state index in [4.69, 9.17) is 4.74 Å². The summed E-state index contributed by atoms with van der Waals surface area (Å²) in [4.78, 5) is 7.26. The van der Waals surface area contributed by atoms with Gasteiger partial charge in [0.1, 0.15) is 12.4 Å². The second-order valence-electron chi connectivity index (χ2n) is 4.78. The zero-order valence-electron chi connectivity index (χ0n) is 12.1. The van der Waals surface area contributed by atoms with Crippen LogP contribution in [-0.2, 0) is 12.8 Å². The van der Waals surface area contributed by atoms with Crippen LogP contribution in [0.3, 0.4) is 0 Å². The number of thiazole rings is 1. The predicted molar refractivity (Wildman–Crippen MR) is 75.9 cm³/mol. The van der Waals surface area contributed by atoms with Gasteiger partial charge in [-0.05, 0) is 24.6 Å². The number of ether oxygens (including phenoxy) is 1. The number of hydrogen-bond donors (Lipinski definition) is 0. The highest BCUT2D eigenvalue weighted by atomic mass is 32.1. The fourth-order valence-electron chi connectivity index (χ4n) is 1.82. The maximum Gasteiger partial charge on any atom is 0.471 e. The molecule has 0 aliphatic rings. The standard InChI is InChI=1S/C14H9F4N3O2S/c1-7-6-24-13(19-7)22-5-8-2-3-9(10(15)4-8)11-20-12(23-21-11)14(16,17)18/h2-4,6H,5H2,1H3. The van der Waals surface area contributed by atoms with Gasteiger partial charge in [0.05, 0.1) is 11.3 Å². The van der Waals surface area contributed by atoms with Crippen LogP contribution < -0.4 is 4.74 Å². The number of aromatic nitrogens is 3. The zero-order chi connectivity index (χ0) is 17.3. The van der Waals surface area contributed by atoms with Crippen LogP contribution in [0.1, 0.15) is 17.1 Å². The van der Waals surface area contributed by atoms with Gasteiger partial charge in [-0.15, -0.1) is 0 Å². The maximum absolute atomic E-state index is 14.1. The Morgan fingerprint density at radius 3 is 2.62 bits per heavy atom. The number of benzene rings is 1. The van der Waals surface area contributed by atoms with Crippen LogP contribution in [0.15, 0.2) is 28.1 Å². The molecule has 2 heterocycles. The minimum Gasteiger partial charge on any atom is -0.465 e. The Morgan fingerprint density at radius 1 is 1.25 bits per heavy atom. The SMILES string of the molecule is Cc1csc(OCc2ccc(-c3noc(C(F)(F)F)n3)c(F)c2)n1. The number of alkyl halides is 3. The molecule has 0 amide bonds. The van der Waals surface area contributed by atoms with E-state index in [1.165, 1.54) is 23.5 Å². The van der Waals surface area contributed by atoms with Gasteiger partial charge in [0, 0.05) is 5.38 Å². The molecule has 0 fully saturated rings. The minimum atomic E-state index is -4.78. The number of hydrogen-bond acceptors (Lipinski definition) is 6. The van der Waals surface area contributed by atoms with Gasteiger partial charge in [0.15, 0.2) is 0 Å². The lowest BCUT2D eigenvalue weighted by Crippen LogP contribution is -2.05. The molecule has 2 aromatic heterocycles. The predicted octanol–water partition coefficient (Wildman–Crippen LogP) is 4.24. The fraction of sp³-hybridized carbons (Fsp3) is 0.214. The first-order valence-corrected chi connectivity index (χ1v) is 7.45. The van der Waals surface area contributed by atoms with Crippen molar-refractivity contribution in [3.8, 4) is 16.6 Å². The van der Waals surface area contributed by atoms with Crippen LogP contribution in [0.2, 0.25) is 0 Å². The largest absolute Gasteiger partial charge is 0.471 e. The smallest absolute Gasteiger partial charge is 0.465 e. The Morgan fingerprint density at radius 2 is 2.04 bits per heavy atom. The fourth-order valence-corrected chi connectivity index (χ4v) is 2.47. The molecule has 10 heteroatoms.